The Balaban J connectivity index is 2.11. The number of nitrogens with zero attached hydrogens (tertiary/aromatic N) is 1. The summed E-state index contributed by atoms with van der Waals surface area (Å²) in [5.41, 5.74) is 3.87. The fraction of sp³-hybridized carbons (Fsp3) is 0.188. The van der Waals surface area contributed by atoms with Crippen molar-refractivity contribution in [2.45, 2.75) is 13.5 Å². The van der Waals surface area contributed by atoms with Crippen LogP contribution in [0.1, 0.15) is 16.7 Å². The topological polar surface area (TPSA) is 45.0 Å². The van der Waals surface area contributed by atoms with E-state index in [0.717, 1.165) is 16.8 Å². The summed E-state index contributed by atoms with van der Waals surface area (Å²) in [5, 5.41) is 12.8. The van der Waals surface area contributed by atoms with Crippen molar-refractivity contribution < 1.29 is 4.74 Å². The van der Waals surface area contributed by atoms with E-state index >= 15 is 0 Å². The van der Waals surface area contributed by atoms with Crippen LogP contribution in [-0.4, -0.2) is 7.11 Å². The third kappa shape index (κ3) is 3.23. The lowest BCUT2D eigenvalue weighted by Gasteiger charge is -2.11. The highest BCUT2D eigenvalue weighted by atomic mass is 35.5. The predicted molar refractivity (Wildman–Crippen MR) is 81.2 cm³/mol. The van der Waals surface area contributed by atoms with Gasteiger partial charge in [-0.3, -0.25) is 0 Å². The first kappa shape index (κ1) is 14.2. The third-order valence-corrected chi connectivity index (χ3v) is 3.42. The molecule has 0 bridgehead atoms. The molecular weight excluding hydrogens is 272 g/mol. The molecule has 0 aliphatic carbocycles. The predicted octanol–water partition coefficient (Wildman–Crippen LogP) is 4.14. The van der Waals surface area contributed by atoms with E-state index in [1.54, 1.807) is 13.2 Å². The Kier molecular flexibility index (Phi) is 4.49. The molecule has 1 N–H and O–H groups in total. The summed E-state index contributed by atoms with van der Waals surface area (Å²) < 4.78 is 5.18. The van der Waals surface area contributed by atoms with Crippen molar-refractivity contribution >= 4 is 17.3 Å². The van der Waals surface area contributed by atoms with Crippen LogP contribution in [0.2, 0.25) is 5.02 Å². The minimum absolute atomic E-state index is 0.590. The Morgan fingerprint density at radius 3 is 2.70 bits per heavy atom. The van der Waals surface area contributed by atoms with Gasteiger partial charge < -0.3 is 10.1 Å². The first-order chi connectivity index (χ1) is 9.63. The lowest BCUT2D eigenvalue weighted by molar-refractivity contribution is 0.415. The summed E-state index contributed by atoms with van der Waals surface area (Å²) in [6.45, 7) is 2.68. The molecule has 0 heterocycles. The van der Waals surface area contributed by atoms with E-state index in [-0.39, 0.29) is 0 Å². The van der Waals surface area contributed by atoms with Gasteiger partial charge in [-0.2, -0.15) is 5.26 Å². The molecule has 0 saturated carbocycles. The molecular formula is C16H15ClN2O. The zero-order valence-corrected chi connectivity index (χ0v) is 12.2. The van der Waals surface area contributed by atoms with Gasteiger partial charge in [0.2, 0.25) is 0 Å². The molecule has 0 aromatic heterocycles. The first-order valence-electron chi connectivity index (χ1n) is 6.21. The van der Waals surface area contributed by atoms with Crippen LogP contribution in [0.3, 0.4) is 0 Å². The highest BCUT2D eigenvalue weighted by Crippen LogP contribution is 2.27. The SMILES string of the molecule is COc1cc(NCc2ccc(C#N)cc2C)ccc1Cl. The van der Waals surface area contributed by atoms with Gasteiger partial charge in [0.1, 0.15) is 5.75 Å². The molecule has 3 nitrogen and oxygen atoms in total. The van der Waals surface area contributed by atoms with Gasteiger partial charge in [-0.05, 0) is 42.3 Å². The van der Waals surface area contributed by atoms with Crippen LogP contribution < -0.4 is 10.1 Å². The fourth-order valence-corrected chi connectivity index (χ4v) is 2.13. The molecule has 0 saturated heterocycles. The molecule has 0 amide bonds. The second kappa shape index (κ2) is 6.31. The largest absolute Gasteiger partial charge is 0.495 e. The summed E-state index contributed by atoms with van der Waals surface area (Å²) in [7, 11) is 1.59. The normalized spacial score (nSPS) is 9.90. The Morgan fingerprint density at radius 1 is 1.25 bits per heavy atom. The highest BCUT2D eigenvalue weighted by Gasteiger charge is 2.03. The minimum Gasteiger partial charge on any atom is -0.495 e. The van der Waals surface area contributed by atoms with Gasteiger partial charge in [0.25, 0.3) is 0 Å². The monoisotopic (exact) mass is 286 g/mol. The Morgan fingerprint density at radius 2 is 2.05 bits per heavy atom. The number of methoxy groups -OCH3 is 1. The minimum atomic E-state index is 0.590. The number of anilines is 1. The van der Waals surface area contributed by atoms with Crippen molar-refractivity contribution in [2.75, 3.05) is 12.4 Å². The number of halogens is 1. The first-order valence-corrected chi connectivity index (χ1v) is 6.59. The van der Waals surface area contributed by atoms with Crippen molar-refractivity contribution in [3.8, 4) is 11.8 Å². The summed E-state index contributed by atoms with van der Waals surface area (Å²) >= 11 is 5.99. The van der Waals surface area contributed by atoms with Gasteiger partial charge in [-0.15, -0.1) is 0 Å². The molecule has 0 fully saturated rings. The number of rotatable bonds is 4. The number of ether oxygens (including phenoxy) is 1. The molecule has 102 valence electrons. The Hall–Kier alpha value is -2.18. The fourth-order valence-electron chi connectivity index (χ4n) is 1.93. The van der Waals surface area contributed by atoms with Crippen molar-refractivity contribution in [1.82, 2.24) is 0 Å². The quantitative estimate of drug-likeness (QED) is 0.919. The lowest BCUT2D eigenvalue weighted by atomic mass is 10.1. The van der Waals surface area contributed by atoms with Crippen LogP contribution in [0.25, 0.3) is 0 Å². The standard InChI is InChI=1S/C16H15ClN2O/c1-11-7-12(9-18)3-4-13(11)10-19-14-5-6-15(17)16(8-14)20-2/h3-8,19H,10H2,1-2H3. The Bertz CT molecular complexity index is 662. The average Bonchev–Trinajstić information content (AvgIpc) is 2.47. The molecule has 2 rings (SSSR count). The van der Waals surface area contributed by atoms with Crippen LogP contribution in [0.15, 0.2) is 36.4 Å². The zero-order chi connectivity index (χ0) is 14.5. The molecule has 0 spiro atoms. The van der Waals surface area contributed by atoms with Crippen molar-refractivity contribution in [3.63, 3.8) is 0 Å². The number of hydrogen-bond donors (Lipinski definition) is 1. The zero-order valence-electron chi connectivity index (χ0n) is 11.4. The van der Waals surface area contributed by atoms with Gasteiger partial charge >= 0.3 is 0 Å². The van der Waals surface area contributed by atoms with Crippen LogP contribution in [0.4, 0.5) is 5.69 Å². The van der Waals surface area contributed by atoms with Gasteiger partial charge in [-0.25, -0.2) is 0 Å². The molecule has 0 unspecified atom stereocenters. The lowest BCUT2D eigenvalue weighted by Crippen LogP contribution is -2.02. The maximum absolute atomic E-state index is 8.85. The Labute approximate surface area is 123 Å². The van der Waals surface area contributed by atoms with Gasteiger partial charge in [0.05, 0.1) is 23.8 Å². The molecule has 4 heteroatoms. The van der Waals surface area contributed by atoms with Gasteiger partial charge in [0, 0.05) is 18.3 Å². The van der Waals surface area contributed by atoms with Crippen LogP contribution in [0, 0.1) is 18.3 Å². The average molecular weight is 287 g/mol. The molecule has 2 aromatic rings. The second-order valence-corrected chi connectivity index (χ2v) is 4.86. The molecule has 2 aromatic carbocycles. The van der Waals surface area contributed by atoms with Gasteiger partial charge in [-0.1, -0.05) is 17.7 Å². The van der Waals surface area contributed by atoms with Crippen LogP contribution in [-0.2, 0) is 6.54 Å². The molecule has 0 atom stereocenters. The summed E-state index contributed by atoms with van der Waals surface area (Å²) in [6, 6.07) is 13.4. The van der Waals surface area contributed by atoms with Crippen LogP contribution >= 0.6 is 11.6 Å². The number of benzene rings is 2. The third-order valence-electron chi connectivity index (χ3n) is 3.11. The van der Waals surface area contributed by atoms with E-state index < -0.39 is 0 Å². The van der Waals surface area contributed by atoms with E-state index in [1.165, 1.54) is 0 Å². The van der Waals surface area contributed by atoms with Crippen molar-refractivity contribution in [1.29, 1.82) is 5.26 Å². The number of nitrogens with one attached hydrogen (secondary N) is 1. The van der Waals surface area contributed by atoms with Gasteiger partial charge in [0.15, 0.2) is 0 Å². The number of aryl methyl sites for hydroxylation is 1. The maximum atomic E-state index is 8.85. The molecule has 0 aliphatic heterocycles. The summed E-state index contributed by atoms with van der Waals surface area (Å²) in [5.74, 6) is 0.646. The van der Waals surface area contributed by atoms with E-state index in [4.69, 9.17) is 21.6 Å². The van der Waals surface area contributed by atoms with Crippen molar-refractivity contribution in [2.24, 2.45) is 0 Å². The van der Waals surface area contributed by atoms with E-state index in [2.05, 4.69) is 11.4 Å². The van der Waals surface area contributed by atoms with E-state index in [1.807, 2.05) is 37.3 Å². The summed E-state index contributed by atoms with van der Waals surface area (Å²) in [6.07, 6.45) is 0. The smallest absolute Gasteiger partial charge is 0.139 e. The van der Waals surface area contributed by atoms with Crippen molar-refractivity contribution in [3.05, 3.63) is 58.1 Å². The number of nitriles is 1. The van der Waals surface area contributed by atoms with E-state index in [9.17, 15) is 0 Å². The highest BCUT2D eigenvalue weighted by molar-refractivity contribution is 6.32. The van der Waals surface area contributed by atoms with E-state index in [0.29, 0.717) is 22.9 Å². The second-order valence-electron chi connectivity index (χ2n) is 4.46. The molecule has 0 radical (unpaired) electrons. The maximum Gasteiger partial charge on any atom is 0.139 e. The molecule has 0 aliphatic rings. The van der Waals surface area contributed by atoms with Crippen LogP contribution in [0.5, 0.6) is 5.75 Å². The summed E-state index contributed by atoms with van der Waals surface area (Å²) in [4.78, 5) is 0. The molecule has 20 heavy (non-hydrogen) atoms. The number of hydrogen-bond acceptors (Lipinski definition) is 3.